The number of carboxylic acid groups (broad SMARTS) is 1. The maximum Gasteiger partial charge on any atom is 0.304 e. The molecule has 0 saturated heterocycles. The molecule has 0 unspecified atom stereocenters. The summed E-state index contributed by atoms with van der Waals surface area (Å²) in [6, 6.07) is 8.12. The van der Waals surface area contributed by atoms with Crippen LogP contribution in [0.2, 0.25) is 0 Å². The predicted octanol–water partition coefficient (Wildman–Crippen LogP) is 1.80. The van der Waals surface area contributed by atoms with Crippen LogP contribution < -0.4 is 5.32 Å². The lowest BCUT2D eigenvalue weighted by molar-refractivity contribution is -0.138. The summed E-state index contributed by atoms with van der Waals surface area (Å²) in [6.45, 7) is 7.02. The Kier molecular flexibility index (Phi) is 6.88. The number of carboxylic acids is 1. The van der Waals surface area contributed by atoms with Crippen molar-refractivity contribution < 1.29 is 14.7 Å². The zero-order valence-electron chi connectivity index (χ0n) is 12.9. The topological polar surface area (TPSA) is 69.6 Å². The number of hydrogen-bond acceptors (Lipinski definition) is 3. The molecule has 0 heterocycles. The molecule has 0 aliphatic rings. The van der Waals surface area contributed by atoms with Gasteiger partial charge in [0.2, 0.25) is 5.91 Å². The SMILES string of the molecule is Cc1ccc(CNC(=O)CN(CCC(=O)O)C(C)C)cc1. The van der Waals surface area contributed by atoms with E-state index in [1.54, 1.807) is 0 Å². The number of hydrogen-bond donors (Lipinski definition) is 2. The van der Waals surface area contributed by atoms with Crippen LogP contribution in [0.5, 0.6) is 0 Å². The smallest absolute Gasteiger partial charge is 0.304 e. The highest BCUT2D eigenvalue weighted by Gasteiger charge is 2.15. The van der Waals surface area contributed by atoms with E-state index >= 15 is 0 Å². The standard InChI is InChI=1S/C16H24N2O3/c1-12(2)18(9-8-16(20)21)11-15(19)17-10-14-6-4-13(3)5-7-14/h4-7,12H,8-11H2,1-3H3,(H,17,19)(H,20,21). The lowest BCUT2D eigenvalue weighted by atomic mass is 10.1. The zero-order chi connectivity index (χ0) is 15.8. The van der Waals surface area contributed by atoms with Gasteiger partial charge in [-0.25, -0.2) is 0 Å². The molecule has 0 saturated carbocycles. The molecule has 0 aromatic heterocycles. The highest BCUT2D eigenvalue weighted by atomic mass is 16.4. The van der Waals surface area contributed by atoms with E-state index in [4.69, 9.17) is 5.11 Å². The summed E-state index contributed by atoms with van der Waals surface area (Å²) in [4.78, 5) is 24.4. The highest BCUT2D eigenvalue weighted by Crippen LogP contribution is 2.03. The third kappa shape index (κ3) is 6.90. The Labute approximate surface area is 126 Å². The number of nitrogens with zero attached hydrogens (tertiary/aromatic N) is 1. The maximum absolute atomic E-state index is 11.9. The molecular formula is C16H24N2O3. The van der Waals surface area contributed by atoms with Crippen LogP contribution in [0.15, 0.2) is 24.3 Å². The molecule has 0 spiro atoms. The summed E-state index contributed by atoms with van der Waals surface area (Å²) in [5, 5.41) is 11.6. The van der Waals surface area contributed by atoms with E-state index in [-0.39, 0.29) is 24.9 Å². The highest BCUT2D eigenvalue weighted by molar-refractivity contribution is 5.78. The van der Waals surface area contributed by atoms with Crippen molar-refractivity contribution in [3.05, 3.63) is 35.4 Å². The van der Waals surface area contributed by atoms with Crippen molar-refractivity contribution in [2.75, 3.05) is 13.1 Å². The fourth-order valence-electron chi connectivity index (χ4n) is 1.91. The first-order valence-electron chi connectivity index (χ1n) is 7.16. The van der Waals surface area contributed by atoms with Gasteiger partial charge in [0.05, 0.1) is 13.0 Å². The summed E-state index contributed by atoms with van der Waals surface area (Å²) in [5.41, 5.74) is 2.24. The second-order valence-corrected chi connectivity index (χ2v) is 5.47. The van der Waals surface area contributed by atoms with Gasteiger partial charge in [-0.3, -0.25) is 14.5 Å². The van der Waals surface area contributed by atoms with E-state index in [0.29, 0.717) is 13.1 Å². The Bertz CT molecular complexity index is 469. The summed E-state index contributed by atoms with van der Waals surface area (Å²) in [7, 11) is 0. The first kappa shape index (κ1) is 17.2. The van der Waals surface area contributed by atoms with Gasteiger partial charge in [-0.05, 0) is 26.3 Å². The number of rotatable bonds is 8. The van der Waals surface area contributed by atoms with E-state index in [1.807, 2.05) is 49.9 Å². The Hall–Kier alpha value is -1.88. The maximum atomic E-state index is 11.9. The van der Waals surface area contributed by atoms with Crippen LogP contribution in [0, 0.1) is 6.92 Å². The summed E-state index contributed by atoms with van der Waals surface area (Å²) < 4.78 is 0. The van der Waals surface area contributed by atoms with Gasteiger partial charge in [0.25, 0.3) is 0 Å². The molecule has 2 N–H and O–H groups in total. The predicted molar refractivity (Wildman–Crippen MR) is 82.0 cm³/mol. The molecule has 0 bridgehead atoms. The van der Waals surface area contributed by atoms with E-state index in [0.717, 1.165) is 5.56 Å². The fraction of sp³-hybridized carbons (Fsp3) is 0.500. The molecule has 1 aromatic carbocycles. The third-order valence-corrected chi connectivity index (χ3v) is 3.30. The Morgan fingerprint density at radius 2 is 1.86 bits per heavy atom. The van der Waals surface area contributed by atoms with Crippen molar-refractivity contribution >= 4 is 11.9 Å². The van der Waals surface area contributed by atoms with Crippen LogP contribution in [0.25, 0.3) is 0 Å². The molecular weight excluding hydrogens is 268 g/mol. The average molecular weight is 292 g/mol. The van der Waals surface area contributed by atoms with Crippen LogP contribution in [0.3, 0.4) is 0 Å². The Morgan fingerprint density at radius 1 is 1.24 bits per heavy atom. The minimum Gasteiger partial charge on any atom is -0.481 e. The molecule has 1 aromatic rings. The molecule has 0 atom stereocenters. The molecule has 5 heteroatoms. The summed E-state index contributed by atoms with van der Waals surface area (Å²) in [5.74, 6) is -0.935. The number of benzene rings is 1. The molecule has 116 valence electrons. The quantitative estimate of drug-likeness (QED) is 0.766. The number of carbonyl (C=O) groups is 2. The number of aryl methyl sites for hydroxylation is 1. The van der Waals surface area contributed by atoms with Crippen LogP contribution >= 0.6 is 0 Å². The fourth-order valence-corrected chi connectivity index (χ4v) is 1.91. The van der Waals surface area contributed by atoms with Gasteiger partial charge < -0.3 is 10.4 Å². The van der Waals surface area contributed by atoms with Gasteiger partial charge in [0.1, 0.15) is 0 Å². The van der Waals surface area contributed by atoms with Gasteiger partial charge in [-0.15, -0.1) is 0 Å². The second-order valence-electron chi connectivity index (χ2n) is 5.47. The van der Waals surface area contributed by atoms with Crippen LogP contribution in [0.1, 0.15) is 31.4 Å². The summed E-state index contributed by atoms with van der Waals surface area (Å²) >= 11 is 0. The van der Waals surface area contributed by atoms with E-state index < -0.39 is 5.97 Å². The minimum absolute atomic E-state index is 0.0451. The Balaban J connectivity index is 2.42. The molecule has 1 rings (SSSR count). The number of nitrogens with one attached hydrogen (secondary N) is 1. The van der Waals surface area contributed by atoms with Gasteiger partial charge in [0, 0.05) is 19.1 Å². The Morgan fingerprint density at radius 3 is 2.38 bits per heavy atom. The third-order valence-electron chi connectivity index (χ3n) is 3.30. The number of carbonyl (C=O) groups excluding carboxylic acids is 1. The molecule has 0 aliphatic heterocycles. The van der Waals surface area contributed by atoms with E-state index in [1.165, 1.54) is 5.56 Å². The first-order valence-corrected chi connectivity index (χ1v) is 7.16. The molecule has 1 amide bonds. The van der Waals surface area contributed by atoms with Crippen molar-refractivity contribution in [2.45, 2.75) is 39.8 Å². The van der Waals surface area contributed by atoms with Crippen molar-refractivity contribution in [3.8, 4) is 0 Å². The largest absolute Gasteiger partial charge is 0.481 e. The second kappa shape index (κ2) is 8.42. The normalized spacial score (nSPS) is 10.9. The zero-order valence-corrected chi connectivity index (χ0v) is 12.9. The lowest BCUT2D eigenvalue weighted by Crippen LogP contribution is -2.41. The van der Waals surface area contributed by atoms with Gasteiger partial charge >= 0.3 is 5.97 Å². The van der Waals surface area contributed by atoms with Crippen molar-refractivity contribution in [3.63, 3.8) is 0 Å². The van der Waals surface area contributed by atoms with E-state index in [9.17, 15) is 9.59 Å². The number of aliphatic carboxylic acids is 1. The average Bonchev–Trinajstić information content (AvgIpc) is 2.42. The molecule has 0 fully saturated rings. The minimum atomic E-state index is -0.847. The summed E-state index contributed by atoms with van der Waals surface area (Å²) in [6.07, 6.45) is 0.0451. The van der Waals surface area contributed by atoms with Crippen molar-refractivity contribution in [1.82, 2.24) is 10.2 Å². The van der Waals surface area contributed by atoms with Gasteiger partial charge in [0.15, 0.2) is 0 Å². The van der Waals surface area contributed by atoms with Crippen molar-refractivity contribution in [2.24, 2.45) is 0 Å². The van der Waals surface area contributed by atoms with Crippen LogP contribution in [0.4, 0.5) is 0 Å². The van der Waals surface area contributed by atoms with Crippen LogP contribution in [-0.2, 0) is 16.1 Å². The first-order chi connectivity index (χ1) is 9.88. The molecule has 0 radical (unpaired) electrons. The van der Waals surface area contributed by atoms with Crippen LogP contribution in [-0.4, -0.2) is 41.0 Å². The molecule has 21 heavy (non-hydrogen) atoms. The molecule has 5 nitrogen and oxygen atoms in total. The van der Waals surface area contributed by atoms with Gasteiger partial charge in [-0.2, -0.15) is 0 Å². The molecule has 0 aliphatic carbocycles. The van der Waals surface area contributed by atoms with Crippen molar-refractivity contribution in [1.29, 1.82) is 0 Å². The van der Waals surface area contributed by atoms with Gasteiger partial charge in [-0.1, -0.05) is 29.8 Å². The lowest BCUT2D eigenvalue weighted by Gasteiger charge is -2.25. The number of amides is 1. The monoisotopic (exact) mass is 292 g/mol. The van der Waals surface area contributed by atoms with E-state index in [2.05, 4.69) is 5.32 Å².